The fraction of sp³-hybridized carbons (Fsp3) is 0.368. The van der Waals surface area contributed by atoms with Crippen LogP contribution in [-0.2, 0) is 26.1 Å². The lowest BCUT2D eigenvalue weighted by Gasteiger charge is -2.12. The number of benzene rings is 1. The van der Waals surface area contributed by atoms with E-state index in [2.05, 4.69) is 25.4 Å². The molecule has 0 bridgehead atoms. The third-order valence-electron chi connectivity index (χ3n) is 4.99. The van der Waals surface area contributed by atoms with E-state index in [1.807, 2.05) is 0 Å². The Bertz CT molecular complexity index is 1440. The average Bonchev–Trinajstić information content (AvgIpc) is 3.37. The third-order valence-corrected chi connectivity index (χ3v) is 5.17. The molecule has 1 N–H and O–H groups in total. The van der Waals surface area contributed by atoms with Gasteiger partial charge in [-0.2, -0.15) is 23.0 Å². The number of tetrazole rings is 1. The standard InChI is InChI=1S/C19H17ClF4N8O2/c20-17-25-14-15(26-17)30(9-6-19(22,23)24)18(34)31(16(14)33)7-3-8-32-28-13(27-29-32)10-11-4-1-2-5-12(11)21/h1-2,4-5H,3,6-10H2,(H,25,26). The van der Waals surface area contributed by atoms with Crippen LogP contribution in [0.25, 0.3) is 11.2 Å². The number of alkyl halides is 3. The van der Waals surface area contributed by atoms with E-state index in [9.17, 15) is 27.2 Å². The molecule has 0 radical (unpaired) electrons. The van der Waals surface area contributed by atoms with Gasteiger partial charge in [0.1, 0.15) is 5.82 Å². The molecule has 0 fully saturated rings. The molecule has 0 saturated heterocycles. The van der Waals surface area contributed by atoms with Gasteiger partial charge in [0.15, 0.2) is 17.0 Å². The van der Waals surface area contributed by atoms with Crippen LogP contribution in [-0.4, -0.2) is 45.5 Å². The molecular formula is C19H17ClF4N8O2. The summed E-state index contributed by atoms with van der Waals surface area (Å²) < 4.78 is 53.6. The predicted molar refractivity (Wildman–Crippen MR) is 112 cm³/mol. The van der Waals surface area contributed by atoms with Gasteiger partial charge in [-0.25, -0.2) is 9.18 Å². The molecule has 0 saturated carbocycles. The summed E-state index contributed by atoms with van der Waals surface area (Å²) in [6.07, 6.45) is -5.46. The van der Waals surface area contributed by atoms with Crippen LogP contribution in [0, 0.1) is 5.82 Å². The van der Waals surface area contributed by atoms with Gasteiger partial charge in [-0.3, -0.25) is 13.9 Å². The van der Waals surface area contributed by atoms with Crippen molar-refractivity contribution in [3.8, 4) is 0 Å². The molecule has 4 aromatic rings. The summed E-state index contributed by atoms with van der Waals surface area (Å²) in [6.45, 7) is -0.689. The number of nitrogens with one attached hydrogen (secondary N) is 1. The first-order valence-electron chi connectivity index (χ1n) is 10.1. The van der Waals surface area contributed by atoms with Crippen LogP contribution in [0.15, 0.2) is 33.9 Å². The quantitative estimate of drug-likeness (QED) is 0.293. The Morgan fingerprint density at radius 2 is 1.82 bits per heavy atom. The van der Waals surface area contributed by atoms with Crippen molar-refractivity contribution in [2.45, 2.75) is 45.1 Å². The van der Waals surface area contributed by atoms with Crippen molar-refractivity contribution < 1.29 is 17.6 Å². The molecule has 0 aliphatic rings. The van der Waals surface area contributed by atoms with Gasteiger partial charge in [0.25, 0.3) is 5.56 Å². The number of aromatic amines is 1. The number of rotatable bonds is 8. The second kappa shape index (κ2) is 9.37. The molecule has 0 unspecified atom stereocenters. The molecule has 0 spiro atoms. The van der Waals surface area contributed by atoms with E-state index in [4.69, 9.17) is 11.6 Å². The number of nitrogens with zero attached hydrogens (tertiary/aromatic N) is 7. The highest BCUT2D eigenvalue weighted by molar-refractivity contribution is 6.28. The maximum absolute atomic E-state index is 13.8. The summed E-state index contributed by atoms with van der Waals surface area (Å²) >= 11 is 5.77. The highest BCUT2D eigenvalue weighted by Gasteiger charge is 2.28. The van der Waals surface area contributed by atoms with Gasteiger partial charge in [0, 0.05) is 19.5 Å². The number of imidazole rings is 1. The number of halogens is 5. The molecule has 180 valence electrons. The molecule has 3 aromatic heterocycles. The highest BCUT2D eigenvalue weighted by Crippen LogP contribution is 2.21. The summed E-state index contributed by atoms with van der Waals surface area (Å²) in [7, 11) is 0. The number of hydrogen-bond acceptors (Lipinski definition) is 6. The second-order valence-electron chi connectivity index (χ2n) is 7.41. The molecule has 10 nitrogen and oxygen atoms in total. The smallest absolute Gasteiger partial charge is 0.323 e. The number of H-pyrrole nitrogens is 1. The fourth-order valence-corrected chi connectivity index (χ4v) is 3.57. The topological polar surface area (TPSA) is 116 Å². The summed E-state index contributed by atoms with van der Waals surface area (Å²) in [5, 5.41) is 11.7. The average molecular weight is 501 g/mol. The molecule has 34 heavy (non-hydrogen) atoms. The van der Waals surface area contributed by atoms with Crippen molar-refractivity contribution >= 4 is 22.8 Å². The molecule has 0 aliphatic carbocycles. The van der Waals surface area contributed by atoms with Crippen molar-refractivity contribution in [2.24, 2.45) is 0 Å². The zero-order valence-electron chi connectivity index (χ0n) is 17.4. The van der Waals surface area contributed by atoms with Gasteiger partial charge in [-0.15, -0.1) is 10.2 Å². The molecular weight excluding hydrogens is 484 g/mol. The van der Waals surface area contributed by atoms with E-state index in [0.717, 1.165) is 9.13 Å². The minimum atomic E-state index is -4.51. The first-order valence-corrected chi connectivity index (χ1v) is 10.5. The minimum absolute atomic E-state index is 0.125. The van der Waals surface area contributed by atoms with Crippen LogP contribution in [0.2, 0.25) is 5.28 Å². The van der Waals surface area contributed by atoms with E-state index < -0.39 is 36.2 Å². The minimum Gasteiger partial charge on any atom is -0.323 e. The van der Waals surface area contributed by atoms with Crippen LogP contribution in [0.4, 0.5) is 17.6 Å². The molecule has 15 heteroatoms. The van der Waals surface area contributed by atoms with E-state index in [1.165, 1.54) is 10.9 Å². The Kier molecular flexibility index (Phi) is 6.50. The monoisotopic (exact) mass is 500 g/mol. The number of fused-ring (bicyclic) bond motifs is 1. The Hall–Kier alpha value is -3.55. The van der Waals surface area contributed by atoms with Gasteiger partial charge in [-0.1, -0.05) is 18.2 Å². The van der Waals surface area contributed by atoms with Crippen molar-refractivity contribution in [3.63, 3.8) is 0 Å². The maximum Gasteiger partial charge on any atom is 0.390 e. The van der Waals surface area contributed by atoms with E-state index in [0.29, 0.717) is 5.56 Å². The lowest BCUT2D eigenvalue weighted by atomic mass is 10.1. The first-order chi connectivity index (χ1) is 16.1. The lowest BCUT2D eigenvalue weighted by Crippen LogP contribution is -2.41. The SMILES string of the molecule is O=c1c2[nH]c(Cl)nc2n(CCC(F)(F)F)c(=O)n1CCCn1nnc(Cc2ccccc2F)n1. The summed E-state index contributed by atoms with van der Waals surface area (Å²) in [5.74, 6) is -0.111. The summed E-state index contributed by atoms with van der Waals surface area (Å²) in [6, 6.07) is 6.18. The first kappa shape index (κ1) is 23.6. The fourth-order valence-electron chi connectivity index (χ4n) is 3.40. The van der Waals surface area contributed by atoms with Gasteiger partial charge in [-0.05, 0) is 34.9 Å². The van der Waals surface area contributed by atoms with Crippen molar-refractivity contribution in [3.05, 3.63) is 67.6 Å². The molecule has 1 aromatic carbocycles. The largest absolute Gasteiger partial charge is 0.390 e. The zero-order chi connectivity index (χ0) is 24.5. The third kappa shape index (κ3) is 5.16. The Balaban J connectivity index is 1.50. The van der Waals surface area contributed by atoms with Crippen molar-refractivity contribution in [1.29, 1.82) is 0 Å². The van der Waals surface area contributed by atoms with Gasteiger partial charge in [0.05, 0.1) is 13.0 Å². The molecule has 3 heterocycles. The van der Waals surface area contributed by atoms with Crippen molar-refractivity contribution in [1.82, 2.24) is 39.3 Å². The van der Waals surface area contributed by atoms with Gasteiger partial charge < -0.3 is 4.98 Å². The summed E-state index contributed by atoms with van der Waals surface area (Å²) in [4.78, 5) is 33.0. The summed E-state index contributed by atoms with van der Waals surface area (Å²) in [5.41, 5.74) is -1.69. The highest BCUT2D eigenvalue weighted by atomic mass is 35.5. The van der Waals surface area contributed by atoms with E-state index in [1.54, 1.807) is 18.2 Å². The predicted octanol–water partition coefficient (Wildman–Crippen LogP) is 2.30. The van der Waals surface area contributed by atoms with E-state index >= 15 is 0 Å². The number of hydrogen-bond donors (Lipinski definition) is 1. The molecule has 0 amide bonds. The van der Waals surface area contributed by atoms with Gasteiger partial charge in [0.2, 0.25) is 5.28 Å². The Morgan fingerprint density at radius 1 is 1.06 bits per heavy atom. The molecule has 0 atom stereocenters. The van der Waals surface area contributed by atoms with Crippen LogP contribution in [0.5, 0.6) is 0 Å². The molecule has 0 aliphatic heterocycles. The second-order valence-corrected chi connectivity index (χ2v) is 7.76. The van der Waals surface area contributed by atoms with Crippen LogP contribution in [0.1, 0.15) is 24.2 Å². The van der Waals surface area contributed by atoms with Crippen LogP contribution >= 0.6 is 11.6 Å². The van der Waals surface area contributed by atoms with Crippen molar-refractivity contribution in [2.75, 3.05) is 0 Å². The number of aromatic nitrogens is 8. The zero-order valence-corrected chi connectivity index (χ0v) is 18.1. The van der Waals surface area contributed by atoms with E-state index in [-0.39, 0.29) is 48.2 Å². The number of aryl methyl sites for hydroxylation is 2. The molecule has 4 rings (SSSR count). The lowest BCUT2D eigenvalue weighted by molar-refractivity contribution is -0.136. The van der Waals surface area contributed by atoms with Gasteiger partial charge >= 0.3 is 11.9 Å². The maximum atomic E-state index is 13.8. The normalized spacial score (nSPS) is 12.0. The Labute approximate surface area is 192 Å². The Morgan fingerprint density at radius 3 is 2.56 bits per heavy atom. The van der Waals surface area contributed by atoms with Crippen LogP contribution < -0.4 is 11.2 Å². The van der Waals surface area contributed by atoms with Crippen LogP contribution in [0.3, 0.4) is 0 Å².